The third kappa shape index (κ3) is 4.62. The van der Waals surface area contributed by atoms with Gasteiger partial charge in [0.1, 0.15) is 5.82 Å². The molecule has 0 bridgehead atoms. The molecular weight excluding hydrogens is 462 g/mol. The number of ether oxygens (including phenoxy) is 1. The van der Waals surface area contributed by atoms with Gasteiger partial charge >= 0.3 is 6.09 Å². The first-order valence-electron chi connectivity index (χ1n) is 10.3. The Morgan fingerprint density at radius 1 is 1.18 bits per heavy atom. The van der Waals surface area contributed by atoms with Gasteiger partial charge in [0.05, 0.1) is 53.1 Å². The number of carbonyl (C=O) groups is 2. The van der Waals surface area contributed by atoms with Crippen molar-refractivity contribution in [2.45, 2.75) is 18.5 Å². The second-order valence-corrected chi connectivity index (χ2v) is 8.29. The number of fused-ring (bicyclic) bond motifs is 1. The molecule has 0 radical (unpaired) electrons. The molecule has 2 amide bonds. The molecule has 5 heterocycles. The highest BCUT2D eigenvalue weighted by Crippen LogP contribution is 2.26. The number of nitrogens with one attached hydrogen (secondary N) is 3. The van der Waals surface area contributed by atoms with Crippen LogP contribution in [0.25, 0.3) is 16.0 Å². The number of anilines is 2. The summed E-state index contributed by atoms with van der Waals surface area (Å²) in [5.74, 6) is 0.739. The Hall–Kier alpha value is -4.17. The SMILES string of the molecule is O=C(O)N[C@H]1COCC[C@H]1Nc1ncc2scc(C(=O)Nc3cccc(-n4nccn4)n3)c2n1. The van der Waals surface area contributed by atoms with E-state index in [0.717, 1.165) is 4.70 Å². The Kier molecular flexibility index (Phi) is 5.97. The van der Waals surface area contributed by atoms with E-state index < -0.39 is 12.1 Å². The summed E-state index contributed by atoms with van der Waals surface area (Å²) in [6.45, 7) is 0.738. The van der Waals surface area contributed by atoms with Crippen LogP contribution in [-0.4, -0.2) is 72.4 Å². The molecule has 1 aliphatic rings. The third-order valence-electron chi connectivity index (χ3n) is 5.14. The van der Waals surface area contributed by atoms with E-state index in [1.807, 2.05) is 0 Å². The molecule has 0 aromatic carbocycles. The van der Waals surface area contributed by atoms with Crippen LogP contribution in [-0.2, 0) is 4.74 Å². The van der Waals surface area contributed by atoms with Crippen molar-refractivity contribution in [2.24, 2.45) is 0 Å². The fraction of sp³-hybridized carbons (Fsp3) is 0.250. The largest absolute Gasteiger partial charge is 0.465 e. The second-order valence-electron chi connectivity index (χ2n) is 7.38. The van der Waals surface area contributed by atoms with Crippen molar-refractivity contribution < 1.29 is 19.4 Å². The lowest BCUT2D eigenvalue weighted by Gasteiger charge is -2.31. The Morgan fingerprint density at radius 3 is 2.85 bits per heavy atom. The number of carbonyl (C=O) groups excluding carboxylic acids is 1. The summed E-state index contributed by atoms with van der Waals surface area (Å²) in [6.07, 6.45) is 4.16. The van der Waals surface area contributed by atoms with Crippen molar-refractivity contribution in [3.05, 3.63) is 47.7 Å². The Morgan fingerprint density at radius 2 is 2.03 bits per heavy atom. The second kappa shape index (κ2) is 9.36. The number of carboxylic acid groups (broad SMARTS) is 1. The van der Waals surface area contributed by atoms with E-state index >= 15 is 0 Å². The maximum Gasteiger partial charge on any atom is 0.405 e. The maximum atomic E-state index is 13.0. The molecule has 0 aliphatic carbocycles. The summed E-state index contributed by atoms with van der Waals surface area (Å²) < 4.78 is 6.12. The van der Waals surface area contributed by atoms with Crippen molar-refractivity contribution in [1.29, 1.82) is 0 Å². The summed E-state index contributed by atoms with van der Waals surface area (Å²) in [4.78, 5) is 38.7. The molecule has 34 heavy (non-hydrogen) atoms. The first-order valence-corrected chi connectivity index (χ1v) is 11.2. The number of thiophene rings is 1. The predicted octanol–water partition coefficient (Wildman–Crippen LogP) is 1.76. The van der Waals surface area contributed by atoms with E-state index in [-0.39, 0.29) is 18.6 Å². The van der Waals surface area contributed by atoms with Crippen LogP contribution in [0, 0.1) is 0 Å². The molecule has 174 valence electrons. The normalized spacial score (nSPS) is 17.9. The highest BCUT2D eigenvalue weighted by Gasteiger charge is 2.28. The summed E-state index contributed by atoms with van der Waals surface area (Å²) in [5.41, 5.74) is 0.863. The Bertz CT molecular complexity index is 1330. The van der Waals surface area contributed by atoms with Gasteiger partial charge in [0.15, 0.2) is 5.82 Å². The molecule has 13 nitrogen and oxygen atoms in total. The van der Waals surface area contributed by atoms with Crippen LogP contribution in [0.4, 0.5) is 16.6 Å². The molecule has 14 heteroatoms. The molecular formula is C20H19N9O4S. The van der Waals surface area contributed by atoms with Gasteiger partial charge < -0.3 is 25.8 Å². The fourth-order valence-electron chi connectivity index (χ4n) is 3.56. The summed E-state index contributed by atoms with van der Waals surface area (Å²) in [6, 6.07) is 4.44. The van der Waals surface area contributed by atoms with Crippen molar-refractivity contribution in [3.63, 3.8) is 0 Å². The van der Waals surface area contributed by atoms with Gasteiger partial charge in [-0.05, 0) is 18.6 Å². The van der Waals surface area contributed by atoms with E-state index in [2.05, 4.69) is 41.1 Å². The molecule has 0 spiro atoms. The topological polar surface area (TPSA) is 169 Å². The standard InChI is InChI=1S/C20H19N9O4S/c30-18(27-15-2-1-3-16(26-15)29-22-5-6-23-29)11-10-34-14-8-21-19(28-17(11)14)24-12-4-7-33-9-13(12)25-20(31)32/h1-3,5-6,8,10,12-13,25H,4,7,9H2,(H,31,32)(H,21,24,28)(H,26,27,30)/t12-,13+/m1/s1. The van der Waals surface area contributed by atoms with Crippen molar-refractivity contribution in [3.8, 4) is 5.82 Å². The highest BCUT2D eigenvalue weighted by molar-refractivity contribution is 7.17. The number of rotatable bonds is 6. The first-order chi connectivity index (χ1) is 16.6. The lowest BCUT2D eigenvalue weighted by molar-refractivity contribution is 0.0625. The molecule has 1 fully saturated rings. The van der Waals surface area contributed by atoms with E-state index in [1.54, 1.807) is 29.8 Å². The van der Waals surface area contributed by atoms with Gasteiger partial charge in [-0.2, -0.15) is 10.2 Å². The van der Waals surface area contributed by atoms with Crippen LogP contribution < -0.4 is 16.0 Å². The number of nitrogens with zero attached hydrogens (tertiary/aromatic N) is 6. The zero-order valence-electron chi connectivity index (χ0n) is 17.6. The van der Waals surface area contributed by atoms with Gasteiger partial charge in [0, 0.05) is 12.0 Å². The molecule has 1 aliphatic heterocycles. The van der Waals surface area contributed by atoms with Gasteiger partial charge in [0.25, 0.3) is 5.91 Å². The van der Waals surface area contributed by atoms with Crippen LogP contribution >= 0.6 is 11.3 Å². The maximum absolute atomic E-state index is 13.0. The summed E-state index contributed by atoms with van der Waals surface area (Å²) in [5, 5.41) is 27.3. The third-order valence-corrected chi connectivity index (χ3v) is 6.04. The molecule has 0 unspecified atom stereocenters. The number of hydrogen-bond donors (Lipinski definition) is 4. The van der Waals surface area contributed by atoms with Crippen LogP contribution in [0.15, 0.2) is 42.2 Å². The first kappa shape index (κ1) is 21.7. The number of aromatic nitrogens is 6. The van der Waals surface area contributed by atoms with E-state index in [1.165, 1.54) is 28.5 Å². The van der Waals surface area contributed by atoms with Crippen molar-refractivity contribution in [1.82, 2.24) is 35.3 Å². The van der Waals surface area contributed by atoms with Gasteiger partial charge in [0.2, 0.25) is 5.95 Å². The quantitative estimate of drug-likeness (QED) is 0.318. The van der Waals surface area contributed by atoms with Crippen LogP contribution in [0.5, 0.6) is 0 Å². The van der Waals surface area contributed by atoms with Crippen molar-refractivity contribution >= 4 is 45.3 Å². The van der Waals surface area contributed by atoms with Gasteiger partial charge in [-0.25, -0.2) is 19.7 Å². The number of pyridine rings is 1. The van der Waals surface area contributed by atoms with Gasteiger partial charge in [-0.3, -0.25) is 4.79 Å². The van der Waals surface area contributed by atoms with E-state index in [0.29, 0.717) is 41.7 Å². The lowest BCUT2D eigenvalue weighted by atomic mass is 10.0. The minimum Gasteiger partial charge on any atom is -0.465 e. The van der Waals surface area contributed by atoms with E-state index in [4.69, 9.17) is 9.84 Å². The zero-order valence-corrected chi connectivity index (χ0v) is 18.4. The molecule has 4 aromatic heterocycles. The Balaban J connectivity index is 1.35. The summed E-state index contributed by atoms with van der Waals surface area (Å²) >= 11 is 1.35. The Labute approximate surface area is 196 Å². The highest BCUT2D eigenvalue weighted by atomic mass is 32.1. The molecule has 4 aromatic rings. The summed E-state index contributed by atoms with van der Waals surface area (Å²) in [7, 11) is 0. The van der Waals surface area contributed by atoms with E-state index in [9.17, 15) is 9.59 Å². The van der Waals surface area contributed by atoms with Crippen LogP contribution in [0.2, 0.25) is 0 Å². The zero-order chi connectivity index (χ0) is 23.5. The number of hydrogen-bond acceptors (Lipinski definition) is 10. The molecule has 1 saturated heterocycles. The van der Waals surface area contributed by atoms with Crippen LogP contribution in [0.3, 0.4) is 0 Å². The minimum atomic E-state index is -1.13. The van der Waals surface area contributed by atoms with Gasteiger partial charge in [-0.15, -0.1) is 16.1 Å². The lowest BCUT2D eigenvalue weighted by Crippen LogP contribution is -2.52. The molecule has 2 atom stereocenters. The molecule has 5 rings (SSSR count). The van der Waals surface area contributed by atoms with Gasteiger partial charge in [-0.1, -0.05) is 6.07 Å². The number of amides is 2. The van der Waals surface area contributed by atoms with Crippen molar-refractivity contribution in [2.75, 3.05) is 23.8 Å². The monoisotopic (exact) mass is 481 g/mol. The minimum absolute atomic E-state index is 0.248. The fourth-order valence-corrected chi connectivity index (χ4v) is 4.40. The molecule has 4 N–H and O–H groups in total. The average molecular weight is 481 g/mol. The predicted molar refractivity (Wildman–Crippen MR) is 122 cm³/mol. The van der Waals surface area contributed by atoms with Crippen LogP contribution in [0.1, 0.15) is 16.8 Å². The molecule has 0 saturated carbocycles. The average Bonchev–Trinajstić information content (AvgIpc) is 3.50. The smallest absolute Gasteiger partial charge is 0.405 e.